The van der Waals surface area contributed by atoms with Crippen LogP contribution >= 0.6 is 0 Å². The van der Waals surface area contributed by atoms with Gasteiger partial charge >= 0.3 is 0 Å². The van der Waals surface area contributed by atoms with E-state index in [1.165, 1.54) is 0 Å². The van der Waals surface area contributed by atoms with Crippen molar-refractivity contribution in [2.45, 2.75) is 73.1 Å². The number of allylic oxidation sites excluding steroid dienone is 1. The van der Waals surface area contributed by atoms with E-state index in [0.717, 1.165) is 71.0 Å². The molecule has 2 aromatic rings. The summed E-state index contributed by atoms with van der Waals surface area (Å²) in [7, 11) is 0. The molecule has 2 aromatic heterocycles. The van der Waals surface area contributed by atoms with Crippen molar-refractivity contribution in [3.63, 3.8) is 0 Å². The molecule has 4 nitrogen and oxygen atoms in total. The van der Waals surface area contributed by atoms with Crippen molar-refractivity contribution in [3.8, 4) is 11.3 Å². The fourth-order valence-electron chi connectivity index (χ4n) is 4.03. The Hall–Kier alpha value is -2.07. The first-order valence-corrected chi connectivity index (χ1v) is 11.1. The van der Waals surface area contributed by atoms with Gasteiger partial charge in [-0.1, -0.05) is 47.6 Å². The van der Waals surface area contributed by atoms with Crippen LogP contribution in [0.2, 0.25) is 0 Å². The van der Waals surface area contributed by atoms with Crippen molar-refractivity contribution in [3.05, 3.63) is 46.7 Å². The number of aryl methyl sites for hydroxylation is 3. The lowest BCUT2D eigenvalue weighted by Gasteiger charge is -2.19. The number of aromatic nitrogens is 3. The zero-order chi connectivity index (χ0) is 21.1. The summed E-state index contributed by atoms with van der Waals surface area (Å²) in [6.07, 6.45) is 5.95. The molecule has 0 amide bonds. The normalized spacial score (nSPS) is 17.7. The highest BCUT2D eigenvalue weighted by atomic mass is 16.3. The molecule has 0 saturated heterocycles. The van der Waals surface area contributed by atoms with Crippen LogP contribution in [0.15, 0.2) is 18.2 Å². The van der Waals surface area contributed by atoms with Gasteiger partial charge in [-0.25, -0.2) is 9.97 Å². The first-order chi connectivity index (χ1) is 13.9. The molecule has 1 aliphatic rings. The number of aliphatic hydroxyl groups is 1. The molecule has 2 atom stereocenters. The maximum atomic E-state index is 9.79. The van der Waals surface area contributed by atoms with Crippen LogP contribution in [0.5, 0.6) is 0 Å². The fourth-order valence-corrected chi connectivity index (χ4v) is 4.03. The zero-order valence-electron chi connectivity index (χ0n) is 18.8. The summed E-state index contributed by atoms with van der Waals surface area (Å²) in [6.45, 7) is 13.1. The van der Waals surface area contributed by atoms with Crippen LogP contribution in [0.3, 0.4) is 0 Å². The standard InChI is InChI=1S/C25H35N3O/c1-7-20-18(10-12-22(26-20)15(3)4)24-21(8-2)27-25-19(17(6)14-29)13-16(5)9-11-23(25)28-24/h10,12-13,15-17,29H,7-9,11,14H2,1-6H3/t16?,17-/m0/s1. The first-order valence-electron chi connectivity index (χ1n) is 11.1. The molecule has 0 fully saturated rings. The van der Waals surface area contributed by atoms with E-state index < -0.39 is 0 Å². The maximum absolute atomic E-state index is 9.79. The zero-order valence-corrected chi connectivity index (χ0v) is 18.8. The van der Waals surface area contributed by atoms with Gasteiger partial charge in [-0.3, -0.25) is 4.98 Å². The van der Waals surface area contributed by atoms with Crippen LogP contribution in [0.4, 0.5) is 0 Å². The minimum absolute atomic E-state index is 0.0670. The minimum atomic E-state index is 0.0670. The molecule has 1 unspecified atom stereocenters. The van der Waals surface area contributed by atoms with Crippen molar-refractivity contribution in [1.29, 1.82) is 0 Å². The molecule has 3 rings (SSSR count). The van der Waals surface area contributed by atoms with E-state index in [1.807, 2.05) is 0 Å². The predicted molar refractivity (Wildman–Crippen MR) is 120 cm³/mol. The van der Waals surface area contributed by atoms with E-state index in [-0.39, 0.29) is 12.5 Å². The summed E-state index contributed by atoms with van der Waals surface area (Å²) < 4.78 is 0. The molecule has 0 radical (unpaired) electrons. The topological polar surface area (TPSA) is 58.9 Å². The number of hydrogen-bond donors (Lipinski definition) is 1. The van der Waals surface area contributed by atoms with E-state index in [2.05, 4.69) is 59.8 Å². The summed E-state index contributed by atoms with van der Waals surface area (Å²) in [5.41, 5.74) is 8.53. The predicted octanol–water partition coefficient (Wildman–Crippen LogP) is 5.38. The third-order valence-corrected chi connectivity index (χ3v) is 5.93. The summed E-state index contributed by atoms with van der Waals surface area (Å²) in [6, 6.07) is 4.32. The minimum Gasteiger partial charge on any atom is -0.396 e. The third kappa shape index (κ3) is 4.42. The average Bonchev–Trinajstić information content (AvgIpc) is 2.90. The smallest absolute Gasteiger partial charge is 0.0939 e. The average molecular weight is 394 g/mol. The molecule has 29 heavy (non-hydrogen) atoms. The number of pyridine rings is 1. The Morgan fingerprint density at radius 2 is 1.72 bits per heavy atom. The van der Waals surface area contributed by atoms with Gasteiger partial charge in [0, 0.05) is 29.5 Å². The SMILES string of the molecule is CCc1nc(C(C)C)ccc1-c1nc2c(nc1CC)C([C@@H](C)CO)=CC(C)CC2. The van der Waals surface area contributed by atoms with E-state index in [0.29, 0.717) is 11.8 Å². The van der Waals surface area contributed by atoms with Gasteiger partial charge in [0.2, 0.25) is 0 Å². The van der Waals surface area contributed by atoms with Gasteiger partial charge in [-0.2, -0.15) is 0 Å². The summed E-state index contributed by atoms with van der Waals surface area (Å²) in [5, 5.41) is 9.79. The Morgan fingerprint density at radius 3 is 2.34 bits per heavy atom. The lowest BCUT2D eigenvalue weighted by atomic mass is 9.94. The van der Waals surface area contributed by atoms with Crippen molar-refractivity contribution < 1.29 is 5.11 Å². The van der Waals surface area contributed by atoms with Gasteiger partial charge in [0.15, 0.2) is 0 Å². The van der Waals surface area contributed by atoms with Gasteiger partial charge < -0.3 is 5.11 Å². The molecule has 2 heterocycles. The van der Waals surface area contributed by atoms with Crippen LogP contribution in [-0.4, -0.2) is 26.7 Å². The Morgan fingerprint density at radius 1 is 1.00 bits per heavy atom. The Balaban J connectivity index is 2.18. The Labute approximate surface area is 175 Å². The van der Waals surface area contributed by atoms with Gasteiger partial charge in [-0.05, 0) is 55.2 Å². The van der Waals surface area contributed by atoms with Crippen molar-refractivity contribution in [2.75, 3.05) is 6.61 Å². The highest BCUT2D eigenvalue weighted by Crippen LogP contribution is 2.34. The van der Waals surface area contributed by atoms with Crippen LogP contribution in [0, 0.1) is 11.8 Å². The van der Waals surface area contributed by atoms with Gasteiger partial charge in [0.05, 0.1) is 22.8 Å². The highest BCUT2D eigenvalue weighted by Gasteiger charge is 2.24. The second-order valence-electron chi connectivity index (χ2n) is 8.63. The number of fused-ring (bicyclic) bond motifs is 1. The first kappa shape index (κ1) is 21.6. The Kier molecular flexibility index (Phi) is 6.84. The van der Waals surface area contributed by atoms with E-state index in [9.17, 15) is 5.11 Å². The van der Waals surface area contributed by atoms with Gasteiger partial charge in [-0.15, -0.1) is 0 Å². The van der Waals surface area contributed by atoms with Crippen LogP contribution in [-0.2, 0) is 19.3 Å². The van der Waals surface area contributed by atoms with Gasteiger partial charge in [0.1, 0.15) is 0 Å². The van der Waals surface area contributed by atoms with E-state index in [1.54, 1.807) is 0 Å². The lowest BCUT2D eigenvalue weighted by Crippen LogP contribution is -2.12. The van der Waals surface area contributed by atoms with Crippen molar-refractivity contribution >= 4 is 5.57 Å². The number of rotatable bonds is 6. The number of aliphatic hydroxyl groups excluding tert-OH is 1. The molecule has 4 heteroatoms. The number of nitrogens with zero attached hydrogens (tertiary/aromatic N) is 3. The van der Waals surface area contributed by atoms with Crippen molar-refractivity contribution in [1.82, 2.24) is 15.0 Å². The van der Waals surface area contributed by atoms with Crippen molar-refractivity contribution in [2.24, 2.45) is 11.8 Å². The van der Waals surface area contributed by atoms with E-state index in [4.69, 9.17) is 15.0 Å². The molecule has 0 aromatic carbocycles. The second-order valence-corrected chi connectivity index (χ2v) is 8.63. The third-order valence-electron chi connectivity index (χ3n) is 5.93. The molecule has 0 bridgehead atoms. The summed E-state index contributed by atoms with van der Waals surface area (Å²) >= 11 is 0. The Bertz CT molecular complexity index is 901. The monoisotopic (exact) mass is 393 g/mol. The number of hydrogen-bond acceptors (Lipinski definition) is 4. The van der Waals surface area contributed by atoms with E-state index >= 15 is 0 Å². The molecular formula is C25H35N3O. The van der Waals surface area contributed by atoms with Crippen LogP contribution in [0.1, 0.15) is 82.4 Å². The van der Waals surface area contributed by atoms with Crippen LogP contribution < -0.4 is 0 Å². The molecule has 0 spiro atoms. The summed E-state index contributed by atoms with van der Waals surface area (Å²) in [5.74, 6) is 0.936. The lowest BCUT2D eigenvalue weighted by molar-refractivity contribution is 0.265. The molecule has 156 valence electrons. The quantitative estimate of drug-likeness (QED) is 0.716. The van der Waals surface area contributed by atoms with Crippen LogP contribution in [0.25, 0.3) is 16.8 Å². The molecular weight excluding hydrogens is 358 g/mol. The molecule has 0 saturated carbocycles. The largest absolute Gasteiger partial charge is 0.396 e. The fraction of sp³-hybridized carbons (Fsp3) is 0.560. The summed E-state index contributed by atoms with van der Waals surface area (Å²) in [4.78, 5) is 15.2. The molecule has 1 N–H and O–H groups in total. The second kappa shape index (κ2) is 9.17. The molecule has 1 aliphatic carbocycles. The maximum Gasteiger partial charge on any atom is 0.0939 e. The van der Waals surface area contributed by atoms with Gasteiger partial charge in [0.25, 0.3) is 0 Å². The molecule has 0 aliphatic heterocycles. The highest BCUT2D eigenvalue weighted by molar-refractivity contribution is 5.71.